The maximum absolute atomic E-state index is 14.9. The summed E-state index contributed by atoms with van der Waals surface area (Å²) in [7, 11) is 1.85. The van der Waals surface area contributed by atoms with Crippen molar-refractivity contribution >= 4 is 29.0 Å². The lowest BCUT2D eigenvalue weighted by Crippen LogP contribution is -2.53. The summed E-state index contributed by atoms with van der Waals surface area (Å²) < 4.78 is 69.6. The molecule has 2 aliphatic rings. The van der Waals surface area contributed by atoms with Crippen LogP contribution in [0.1, 0.15) is 41.8 Å². The van der Waals surface area contributed by atoms with Gasteiger partial charge < -0.3 is 15.1 Å². The highest BCUT2D eigenvalue weighted by Crippen LogP contribution is 2.45. The minimum atomic E-state index is -4.86. The molecule has 0 saturated carbocycles. The molecule has 5 rings (SSSR count). The molecule has 1 N–H and O–H groups in total. The number of likely N-dealkylation sites (tertiary alicyclic amines) is 1. The summed E-state index contributed by atoms with van der Waals surface area (Å²) in [6.45, 7) is 2.25. The Kier molecular flexibility index (Phi) is 6.55. The third-order valence-corrected chi connectivity index (χ3v) is 7.33. The minimum absolute atomic E-state index is 0.0787. The van der Waals surface area contributed by atoms with Gasteiger partial charge in [-0.2, -0.15) is 13.2 Å². The minimum Gasteiger partial charge on any atom is -0.363 e. The third-order valence-electron chi connectivity index (χ3n) is 7.16. The van der Waals surface area contributed by atoms with Crippen molar-refractivity contribution in [2.75, 3.05) is 30.4 Å². The lowest BCUT2D eigenvalue weighted by atomic mass is 9.76. The molecule has 2 aromatic carbocycles. The highest BCUT2D eigenvalue weighted by molar-refractivity contribution is 6.28. The van der Waals surface area contributed by atoms with E-state index in [1.54, 1.807) is 6.07 Å². The molecule has 1 unspecified atom stereocenters. The van der Waals surface area contributed by atoms with E-state index in [2.05, 4.69) is 15.3 Å². The Bertz CT molecular complexity index is 1420. The lowest BCUT2D eigenvalue weighted by Gasteiger charge is -2.40. The zero-order valence-corrected chi connectivity index (χ0v) is 21.2. The molecule has 1 saturated heterocycles. The van der Waals surface area contributed by atoms with Gasteiger partial charge in [0.05, 0.1) is 29.5 Å². The van der Waals surface area contributed by atoms with E-state index in [4.69, 9.17) is 11.6 Å². The van der Waals surface area contributed by atoms with Crippen molar-refractivity contribution in [1.82, 2.24) is 14.9 Å². The third kappa shape index (κ3) is 4.37. The Morgan fingerprint density at radius 2 is 1.84 bits per heavy atom. The number of hydrogen-bond donors (Lipinski definition) is 1. The first-order valence-electron chi connectivity index (χ1n) is 11.9. The van der Waals surface area contributed by atoms with E-state index in [9.17, 15) is 26.7 Å². The van der Waals surface area contributed by atoms with Crippen molar-refractivity contribution in [3.8, 4) is 0 Å². The monoisotopic (exact) mass is 551 g/mol. The van der Waals surface area contributed by atoms with Crippen molar-refractivity contribution in [3.63, 3.8) is 0 Å². The average molecular weight is 552 g/mol. The van der Waals surface area contributed by atoms with Gasteiger partial charge in [-0.25, -0.2) is 18.7 Å². The number of anilines is 2. The summed E-state index contributed by atoms with van der Waals surface area (Å²) in [4.78, 5) is 25.9. The van der Waals surface area contributed by atoms with Crippen LogP contribution in [-0.2, 0) is 22.9 Å². The summed E-state index contributed by atoms with van der Waals surface area (Å²) in [5.41, 5.74) is -1.86. The van der Waals surface area contributed by atoms with Crippen molar-refractivity contribution < 1.29 is 26.7 Å². The molecule has 200 valence electrons. The summed E-state index contributed by atoms with van der Waals surface area (Å²) in [6, 6.07) is 7.97. The van der Waals surface area contributed by atoms with Crippen LogP contribution in [0.5, 0.6) is 0 Å². The van der Waals surface area contributed by atoms with E-state index in [1.807, 2.05) is 11.9 Å². The number of halogens is 6. The van der Waals surface area contributed by atoms with Crippen molar-refractivity contribution in [1.29, 1.82) is 0 Å². The second kappa shape index (κ2) is 9.46. The van der Waals surface area contributed by atoms with Gasteiger partial charge in [0.15, 0.2) is 0 Å². The van der Waals surface area contributed by atoms with E-state index < -0.39 is 34.8 Å². The van der Waals surface area contributed by atoms with Gasteiger partial charge in [0, 0.05) is 17.7 Å². The Balaban J connectivity index is 1.62. The highest BCUT2D eigenvalue weighted by Gasteiger charge is 2.53. The normalized spacial score (nSPS) is 20.6. The van der Waals surface area contributed by atoms with E-state index in [0.29, 0.717) is 36.8 Å². The number of para-hydroxylation sites is 1. The van der Waals surface area contributed by atoms with Crippen molar-refractivity contribution in [3.05, 3.63) is 81.8 Å². The number of fused-ring (bicyclic) bond motifs is 2. The Hall–Kier alpha value is -3.31. The number of hydrogen-bond acceptors (Lipinski definition) is 5. The van der Waals surface area contributed by atoms with Gasteiger partial charge in [0.25, 0.3) is 0 Å². The fourth-order valence-electron chi connectivity index (χ4n) is 5.33. The molecule has 2 atom stereocenters. The molecular formula is C26H23ClF5N5O. The smallest absolute Gasteiger partial charge is 0.363 e. The predicted octanol–water partition coefficient (Wildman–Crippen LogP) is 5.72. The second-order valence-corrected chi connectivity index (χ2v) is 9.99. The van der Waals surface area contributed by atoms with Crippen LogP contribution in [0, 0.1) is 11.6 Å². The van der Waals surface area contributed by atoms with Gasteiger partial charge in [0.2, 0.25) is 11.2 Å². The molecule has 0 aliphatic carbocycles. The van der Waals surface area contributed by atoms with Crippen LogP contribution in [0.3, 0.4) is 0 Å². The molecule has 3 aromatic rings. The number of nitrogens with one attached hydrogen (secondary N) is 1. The van der Waals surface area contributed by atoms with Crippen LogP contribution in [-0.4, -0.2) is 40.9 Å². The Morgan fingerprint density at radius 3 is 2.50 bits per heavy atom. The second-order valence-electron chi connectivity index (χ2n) is 9.65. The molecule has 12 heteroatoms. The van der Waals surface area contributed by atoms with Gasteiger partial charge in [-0.15, -0.1) is 0 Å². The molecule has 1 amide bonds. The fourth-order valence-corrected chi connectivity index (χ4v) is 5.50. The topological polar surface area (TPSA) is 61.4 Å². The molecule has 1 fully saturated rings. The fraction of sp³-hybridized carbons (Fsp3) is 0.346. The number of likely N-dealkylation sites (N-methyl/N-ethyl adjacent to an activating group) is 1. The van der Waals surface area contributed by atoms with E-state index in [-0.39, 0.29) is 34.8 Å². The molecule has 3 heterocycles. The number of amides is 1. The summed E-state index contributed by atoms with van der Waals surface area (Å²) in [6.07, 6.45) is -4.47. The molecule has 2 aliphatic heterocycles. The van der Waals surface area contributed by atoms with Gasteiger partial charge >= 0.3 is 6.18 Å². The molecule has 0 radical (unpaired) electrons. The molecule has 38 heavy (non-hydrogen) atoms. The molecule has 1 spiro atoms. The van der Waals surface area contributed by atoms with Crippen LogP contribution in [0.2, 0.25) is 5.28 Å². The standard InChI is InChI=1S/C26H23ClF5N5O/c1-14(15-6-5-7-17(20(15)29)26(30,31)32)33-22-16-12-37(19-9-4-3-8-18(19)28)23(38)25(10-11-36(2)13-25)21(16)34-24(27)35-22/h3-9,14H,10-13H2,1-2H3,(H,33,34,35)/t14-,25?/m1/s1. The molecular weight excluding hydrogens is 529 g/mol. The Morgan fingerprint density at radius 1 is 1.11 bits per heavy atom. The van der Waals surface area contributed by atoms with E-state index in [1.165, 1.54) is 36.1 Å². The maximum Gasteiger partial charge on any atom is 0.419 e. The van der Waals surface area contributed by atoms with Crippen molar-refractivity contribution in [2.24, 2.45) is 0 Å². The van der Waals surface area contributed by atoms with E-state index >= 15 is 0 Å². The number of rotatable bonds is 4. The SMILES string of the molecule is C[C@@H](Nc1nc(Cl)nc2c1CN(c1ccccc1F)C(=O)C21CCN(C)C1)c1cccc(C(F)(F)F)c1F. The van der Waals surface area contributed by atoms with Gasteiger partial charge in [-0.3, -0.25) is 4.79 Å². The zero-order chi connectivity index (χ0) is 27.4. The number of carbonyl (C=O) groups excluding carboxylic acids is 1. The number of carbonyl (C=O) groups is 1. The Labute approximate surface area is 220 Å². The number of benzene rings is 2. The number of alkyl halides is 3. The molecule has 6 nitrogen and oxygen atoms in total. The summed E-state index contributed by atoms with van der Waals surface area (Å²) in [5, 5.41) is 2.80. The number of aromatic nitrogens is 2. The van der Waals surface area contributed by atoms with Crippen molar-refractivity contribution in [2.45, 2.75) is 37.5 Å². The first-order chi connectivity index (χ1) is 17.9. The quantitative estimate of drug-likeness (QED) is 0.332. The highest BCUT2D eigenvalue weighted by atomic mass is 35.5. The van der Waals surface area contributed by atoms with Crippen LogP contribution in [0.15, 0.2) is 42.5 Å². The van der Waals surface area contributed by atoms with Crippen LogP contribution < -0.4 is 10.2 Å². The number of nitrogens with zero attached hydrogens (tertiary/aromatic N) is 4. The van der Waals surface area contributed by atoms with Gasteiger partial charge in [-0.05, 0) is 56.7 Å². The molecule has 1 aromatic heterocycles. The van der Waals surface area contributed by atoms with Crippen LogP contribution >= 0.6 is 11.6 Å². The first-order valence-corrected chi connectivity index (χ1v) is 12.2. The maximum atomic E-state index is 14.9. The zero-order valence-electron chi connectivity index (χ0n) is 20.4. The summed E-state index contributed by atoms with van der Waals surface area (Å²) >= 11 is 6.27. The van der Waals surface area contributed by atoms with E-state index in [0.717, 1.165) is 6.07 Å². The largest absolute Gasteiger partial charge is 0.419 e. The van der Waals surface area contributed by atoms with Crippen LogP contribution in [0.25, 0.3) is 0 Å². The van der Waals surface area contributed by atoms with Crippen LogP contribution in [0.4, 0.5) is 33.5 Å². The van der Waals surface area contributed by atoms with Gasteiger partial charge in [-0.1, -0.05) is 24.3 Å². The first kappa shape index (κ1) is 26.3. The lowest BCUT2D eigenvalue weighted by molar-refractivity contribution is -0.140. The van der Waals surface area contributed by atoms with Gasteiger partial charge in [0.1, 0.15) is 22.9 Å². The average Bonchev–Trinajstić information content (AvgIpc) is 3.24. The molecule has 0 bridgehead atoms. The predicted molar refractivity (Wildman–Crippen MR) is 132 cm³/mol. The summed E-state index contributed by atoms with van der Waals surface area (Å²) in [5.74, 6) is -2.19.